The minimum Gasteiger partial charge on any atom is -0.186 e. The van der Waals surface area contributed by atoms with E-state index < -0.39 is 6.05 Å². The van der Waals surface area contributed by atoms with E-state index in [1.54, 1.807) is 0 Å². The molecule has 0 unspecified atom stereocenters. The van der Waals surface area contributed by atoms with Gasteiger partial charge in [-0.2, -0.15) is 8.78 Å². The molecule has 1 fully saturated rings. The maximum atomic E-state index is 12.1. The Hall–Kier alpha value is -0.185. The van der Waals surface area contributed by atoms with Crippen molar-refractivity contribution in [1.82, 2.24) is 5.12 Å². The summed E-state index contributed by atoms with van der Waals surface area (Å²) in [7, 11) is 0. The van der Waals surface area contributed by atoms with Crippen LogP contribution in [0, 0.1) is 0 Å². The molecule has 1 saturated heterocycles. The third-order valence-corrected chi connectivity index (χ3v) is 1.44. The smallest absolute Gasteiger partial charge is 0.186 e. The first-order chi connectivity index (χ1) is 4.13. The van der Waals surface area contributed by atoms with Gasteiger partial charge in [0.05, 0.1) is 8.41 Å². The summed E-state index contributed by atoms with van der Waals surface area (Å²) in [5, 5.41) is -0.378. The van der Waals surface area contributed by atoms with Gasteiger partial charge >= 0.3 is 6.05 Å². The first-order valence-corrected chi connectivity index (χ1v) is 2.94. The van der Waals surface area contributed by atoms with Crippen molar-refractivity contribution in [3.8, 4) is 0 Å². The Morgan fingerprint density at radius 1 is 1.20 bits per heavy atom. The zero-order valence-electron chi connectivity index (χ0n) is 4.91. The topological polar surface area (TPSA) is 3.24 Å². The lowest BCUT2D eigenvalue weighted by atomic mass is 10.1. The molecule has 1 rings (SSSR count). The molecular formula is C5H11BF3N. The zero-order chi connectivity index (χ0) is 6.91. The van der Waals surface area contributed by atoms with E-state index in [4.69, 9.17) is 0 Å². The summed E-state index contributed by atoms with van der Waals surface area (Å²) in [5.41, 5.74) is 0. The second-order valence-electron chi connectivity index (χ2n) is 2.21. The molecule has 0 spiro atoms. The summed E-state index contributed by atoms with van der Waals surface area (Å²) >= 11 is 0. The van der Waals surface area contributed by atoms with Gasteiger partial charge in [0, 0.05) is 13.0 Å². The van der Waals surface area contributed by atoms with Crippen LogP contribution in [0.1, 0.15) is 19.3 Å². The molecule has 10 heavy (non-hydrogen) atoms. The van der Waals surface area contributed by atoms with Crippen molar-refractivity contribution in [2.45, 2.75) is 25.3 Å². The number of piperidine rings is 1. The highest BCUT2D eigenvalue weighted by molar-refractivity contribution is 5.75. The van der Waals surface area contributed by atoms with Gasteiger partial charge in [0.15, 0.2) is 0 Å². The van der Waals surface area contributed by atoms with Crippen molar-refractivity contribution in [2.24, 2.45) is 0 Å². The summed E-state index contributed by atoms with van der Waals surface area (Å²) in [4.78, 5) is 0. The van der Waals surface area contributed by atoms with Crippen LogP contribution in [0.2, 0.25) is 0 Å². The lowest BCUT2D eigenvalue weighted by Crippen LogP contribution is -2.39. The van der Waals surface area contributed by atoms with Crippen LogP contribution in [0.15, 0.2) is 0 Å². The second-order valence-corrected chi connectivity index (χ2v) is 2.21. The van der Waals surface area contributed by atoms with Gasteiger partial charge in [-0.3, -0.25) is 0 Å². The van der Waals surface area contributed by atoms with Gasteiger partial charge in [-0.25, -0.2) is 0 Å². The fraction of sp³-hybridized carbons (Fsp3) is 1.00. The van der Waals surface area contributed by atoms with Crippen molar-refractivity contribution >= 4 is 8.41 Å². The van der Waals surface area contributed by atoms with Crippen molar-refractivity contribution in [1.29, 1.82) is 0 Å². The van der Waals surface area contributed by atoms with Gasteiger partial charge in [0.2, 0.25) is 0 Å². The molecule has 5 heteroatoms. The van der Waals surface area contributed by atoms with E-state index in [0.717, 1.165) is 0 Å². The molecule has 0 saturated carbocycles. The van der Waals surface area contributed by atoms with E-state index in [-0.39, 0.29) is 26.5 Å². The van der Waals surface area contributed by atoms with E-state index >= 15 is 0 Å². The van der Waals surface area contributed by atoms with Crippen molar-refractivity contribution in [3.63, 3.8) is 0 Å². The molecule has 1 nitrogen and oxygen atoms in total. The molecule has 0 N–H and O–H groups in total. The van der Waals surface area contributed by atoms with Gasteiger partial charge in [-0.05, 0) is 12.8 Å². The Labute approximate surface area is 59.7 Å². The third-order valence-electron chi connectivity index (χ3n) is 1.44. The Balaban J connectivity index is 0.000000810. The van der Waals surface area contributed by atoms with Gasteiger partial charge in [0.25, 0.3) is 0 Å². The molecular weight excluding hydrogens is 142 g/mol. The van der Waals surface area contributed by atoms with Crippen LogP contribution < -0.4 is 0 Å². The van der Waals surface area contributed by atoms with Crippen LogP contribution in [0.4, 0.5) is 13.3 Å². The molecule has 0 radical (unpaired) electrons. The van der Waals surface area contributed by atoms with Gasteiger partial charge < -0.3 is 0 Å². The Morgan fingerprint density at radius 3 is 2.10 bits per heavy atom. The number of halogens is 3. The summed E-state index contributed by atoms with van der Waals surface area (Å²) in [6.45, 7) is -0.132. The van der Waals surface area contributed by atoms with Crippen molar-refractivity contribution < 1.29 is 13.3 Å². The van der Waals surface area contributed by atoms with Crippen LogP contribution in [0.25, 0.3) is 0 Å². The lowest BCUT2D eigenvalue weighted by Gasteiger charge is -2.26. The highest BCUT2D eigenvalue weighted by Gasteiger charge is 2.39. The van der Waals surface area contributed by atoms with Crippen molar-refractivity contribution in [3.05, 3.63) is 0 Å². The number of hydrogen-bond acceptors (Lipinski definition) is 1. The predicted octanol–water partition coefficient (Wildman–Crippen LogP) is 0.766. The molecule has 1 aliphatic heterocycles. The highest BCUT2D eigenvalue weighted by Crippen LogP contribution is 2.30. The normalized spacial score (nSPS) is 25.5. The van der Waals surface area contributed by atoms with Gasteiger partial charge in [0.1, 0.15) is 0 Å². The molecule has 0 aromatic heterocycles. The summed E-state index contributed by atoms with van der Waals surface area (Å²) in [6.07, 6.45) is 0.614. The standard InChI is InChI=1S/C5H8F3N.BH3/c6-5(7)3-1-2-4-9(5)8;/h1-4H2;1H3. The minimum absolute atomic E-state index is 0. The molecule has 0 aromatic carbocycles. The summed E-state index contributed by atoms with van der Waals surface area (Å²) < 4.78 is 36.3. The second kappa shape index (κ2) is 3.28. The average Bonchev–Trinajstić information content (AvgIpc) is 1.77. The van der Waals surface area contributed by atoms with Crippen LogP contribution in [0.5, 0.6) is 0 Å². The zero-order valence-corrected chi connectivity index (χ0v) is 4.91. The maximum Gasteiger partial charge on any atom is 0.329 e. The molecule has 1 heterocycles. The Kier molecular flexibility index (Phi) is 3.22. The number of alkyl halides is 2. The quantitative estimate of drug-likeness (QED) is 0.282. The molecule has 0 bridgehead atoms. The number of rotatable bonds is 0. The van der Waals surface area contributed by atoms with E-state index in [0.29, 0.717) is 12.8 Å². The third kappa shape index (κ3) is 1.90. The molecule has 0 amide bonds. The summed E-state index contributed by atoms with van der Waals surface area (Å²) in [6, 6.07) is -3.20. The number of nitrogens with zero attached hydrogens (tertiary/aromatic N) is 1. The van der Waals surface area contributed by atoms with Crippen LogP contribution in [0.3, 0.4) is 0 Å². The van der Waals surface area contributed by atoms with E-state index in [1.165, 1.54) is 0 Å². The van der Waals surface area contributed by atoms with E-state index in [1.807, 2.05) is 0 Å². The van der Waals surface area contributed by atoms with Crippen LogP contribution in [-0.2, 0) is 0 Å². The largest absolute Gasteiger partial charge is 0.329 e. The fourth-order valence-electron chi connectivity index (χ4n) is 0.873. The summed E-state index contributed by atoms with van der Waals surface area (Å²) in [5.74, 6) is 0. The fourth-order valence-corrected chi connectivity index (χ4v) is 0.873. The average molecular weight is 153 g/mol. The Bertz CT molecular complexity index is 109. The first-order valence-electron chi connectivity index (χ1n) is 2.94. The SMILES string of the molecule is B.FN1CCCCC1(F)F. The first kappa shape index (κ1) is 9.81. The molecule has 60 valence electrons. The number of hydrogen-bond donors (Lipinski definition) is 0. The van der Waals surface area contributed by atoms with E-state index in [2.05, 4.69) is 0 Å². The van der Waals surface area contributed by atoms with Gasteiger partial charge in [-0.15, -0.1) is 4.48 Å². The van der Waals surface area contributed by atoms with Crippen LogP contribution >= 0.6 is 0 Å². The van der Waals surface area contributed by atoms with Crippen LogP contribution in [-0.4, -0.2) is 26.1 Å². The van der Waals surface area contributed by atoms with Gasteiger partial charge in [-0.1, -0.05) is 5.12 Å². The molecule has 0 atom stereocenters. The lowest BCUT2D eigenvalue weighted by molar-refractivity contribution is -0.252. The minimum atomic E-state index is -3.20. The predicted molar refractivity (Wildman–Crippen MR) is 36.6 cm³/mol. The monoisotopic (exact) mass is 153 g/mol. The molecule has 1 aliphatic rings. The molecule has 0 aromatic rings. The van der Waals surface area contributed by atoms with E-state index in [9.17, 15) is 13.3 Å². The molecule has 0 aliphatic carbocycles. The maximum absolute atomic E-state index is 12.1. The highest BCUT2D eigenvalue weighted by atomic mass is 19.3. The van der Waals surface area contributed by atoms with Crippen molar-refractivity contribution in [2.75, 3.05) is 6.54 Å². The Morgan fingerprint density at radius 2 is 1.80 bits per heavy atom.